The normalized spacial score (nSPS) is 13.2. The molecule has 1 aliphatic rings. The molecule has 2 N–H and O–H groups in total. The zero-order valence-electron chi connectivity index (χ0n) is 14.7. The lowest BCUT2D eigenvalue weighted by atomic mass is 10.1. The minimum Gasteiger partial charge on any atom is -0.435 e. The molecule has 8 heteroatoms. The predicted molar refractivity (Wildman–Crippen MR) is 97.5 cm³/mol. The number of anilines is 2. The fourth-order valence-corrected chi connectivity index (χ4v) is 2.86. The van der Waals surface area contributed by atoms with Crippen molar-refractivity contribution in [1.82, 2.24) is 5.32 Å². The van der Waals surface area contributed by atoms with Crippen LogP contribution in [0.5, 0.6) is 5.75 Å². The first-order valence-corrected chi connectivity index (χ1v) is 8.39. The van der Waals surface area contributed by atoms with E-state index in [-0.39, 0.29) is 24.1 Å². The smallest absolute Gasteiger partial charge is 0.387 e. The van der Waals surface area contributed by atoms with Gasteiger partial charge < -0.3 is 20.3 Å². The van der Waals surface area contributed by atoms with Crippen LogP contribution in [0.25, 0.3) is 0 Å². The van der Waals surface area contributed by atoms with Gasteiger partial charge in [0.05, 0.1) is 17.9 Å². The number of hydrogen-bond donors (Lipinski definition) is 2. The Morgan fingerprint density at radius 3 is 2.70 bits per heavy atom. The van der Waals surface area contributed by atoms with Gasteiger partial charge in [-0.3, -0.25) is 9.59 Å². The number of hydrogen-bond acceptors (Lipinski definition) is 4. The van der Waals surface area contributed by atoms with Crippen molar-refractivity contribution in [1.29, 1.82) is 0 Å². The summed E-state index contributed by atoms with van der Waals surface area (Å²) in [7, 11) is 1.81. The van der Waals surface area contributed by atoms with Crippen LogP contribution >= 0.6 is 0 Å². The largest absolute Gasteiger partial charge is 0.435 e. The lowest BCUT2D eigenvalue weighted by molar-refractivity contribution is -0.115. The van der Waals surface area contributed by atoms with Crippen molar-refractivity contribution in [2.45, 2.75) is 13.0 Å². The monoisotopic (exact) mass is 375 g/mol. The quantitative estimate of drug-likeness (QED) is 0.814. The van der Waals surface area contributed by atoms with E-state index in [2.05, 4.69) is 15.4 Å². The average Bonchev–Trinajstić information content (AvgIpc) is 2.62. The van der Waals surface area contributed by atoms with E-state index in [1.165, 1.54) is 12.1 Å². The Morgan fingerprint density at radius 1 is 1.26 bits per heavy atom. The third-order valence-corrected chi connectivity index (χ3v) is 4.17. The number of rotatable bonds is 6. The Kier molecular flexibility index (Phi) is 5.54. The van der Waals surface area contributed by atoms with Gasteiger partial charge in [0, 0.05) is 19.2 Å². The Morgan fingerprint density at radius 2 is 2.00 bits per heavy atom. The van der Waals surface area contributed by atoms with Crippen LogP contribution in [0.4, 0.5) is 20.2 Å². The predicted octanol–water partition coefficient (Wildman–Crippen LogP) is 2.65. The van der Waals surface area contributed by atoms with Crippen LogP contribution in [0.3, 0.4) is 0 Å². The number of nitrogens with one attached hydrogen (secondary N) is 2. The number of alkyl halides is 2. The van der Waals surface area contributed by atoms with E-state index in [1.54, 1.807) is 30.3 Å². The number of fused-ring (bicyclic) bond motifs is 1. The second-order valence-corrected chi connectivity index (χ2v) is 6.16. The third-order valence-electron chi connectivity index (χ3n) is 4.17. The number of benzene rings is 2. The van der Waals surface area contributed by atoms with Gasteiger partial charge in [-0.2, -0.15) is 8.78 Å². The summed E-state index contributed by atoms with van der Waals surface area (Å²) >= 11 is 0. The molecule has 0 unspecified atom stereocenters. The Bertz CT molecular complexity index is 841. The molecule has 3 rings (SSSR count). The summed E-state index contributed by atoms with van der Waals surface area (Å²) in [5, 5.41) is 5.57. The Labute approximate surface area is 155 Å². The molecule has 2 aromatic carbocycles. The Balaban J connectivity index is 1.55. The molecule has 2 amide bonds. The van der Waals surface area contributed by atoms with E-state index < -0.39 is 6.61 Å². The third kappa shape index (κ3) is 4.72. The van der Waals surface area contributed by atoms with Crippen LogP contribution in [0, 0.1) is 0 Å². The lowest BCUT2D eigenvalue weighted by Gasteiger charge is -2.27. The van der Waals surface area contributed by atoms with Gasteiger partial charge in [0.15, 0.2) is 0 Å². The first-order chi connectivity index (χ1) is 12.9. The van der Waals surface area contributed by atoms with Gasteiger partial charge in [0.25, 0.3) is 5.91 Å². The van der Waals surface area contributed by atoms with Crippen molar-refractivity contribution < 1.29 is 23.1 Å². The van der Waals surface area contributed by atoms with Gasteiger partial charge in [-0.05, 0) is 42.3 Å². The minimum atomic E-state index is -2.85. The van der Waals surface area contributed by atoms with Crippen molar-refractivity contribution in [2.75, 3.05) is 30.4 Å². The van der Waals surface area contributed by atoms with Crippen LogP contribution in [0.1, 0.15) is 15.9 Å². The molecule has 0 aliphatic carbocycles. The highest BCUT2D eigenvalue weighted by Crippen LogP contribution is 2.29. The zero-order valence-corrected chi connectivity index (χ0v) is 14.7. The van der Waals surface area contributed by atoms with E-state index in [0.717, 1.165) is 11.3 Å². The molecule has 27 heavy (non-hydrogen) atoms. The van der Waals surface area contributed by atoms with Crippen molar-refractivity contribution in [3.8, 4) is 5.75 Å². The maximum absolute atomic E-state index is 12.3. The van der Waals surface area contributed by atoms with E-state index in [9.17, 15) is 18.4 Å². The van der Waals surface area contributed by atoms with Gasteiger partial charge >= 0.3 is 6.61 Å². The SMILES string of the molecule is CN1CC(=O)Nc2cc(C(=O)NCCc3ccc(OC(F)F)cc3)ccc21. The molecule has 1 aliphatic heterocycles. The highest BCUT2D eigenvalue weighted by Gasteiger charge is 2.20. The van der Waals surface area contributed by atoms with E-state index in [4.69, 9.17) is 0 Å². The summed E-state index contributed by atoms with van der Waals surface area (Å²) < 4.78 is 28.5. The molecule has 0 fully saturated rings. The molecule has 0 saturated heterocycles. The highest BCUT2D eigenvalue weighted by molar-refractivity contribution is 6.03. The number of carbonyl (C=O) groups excluding carboxylic acids is 2. The van der Waals surface area contributed by atoms with Gasteiger partial charge in [-0.1, -0.05) is 12.1 Å². The summed E-state index contributed by atoms with van der Waals surface area (Å²) in [6.07, 6.45) is 0.547. The van der Waals surface area contributed by atoms with Crippen LogP contribution in [0.15, 0.2) is 42.5 Å². The lowest BCUT2D eigenvalue weighted by Crippen LogP contribution is -2.35. The molecular formula is C19H19F2N3O3. The number of amides is 2. The van der Waals surface area contributed by atoms with E-state index >= 15 is 0 Å². The van der Waals surface area contributed by atoms with Crippen molar-refractivity contribution in [3.63, 3.8) is 0 Å². The second kappa shape index (κ2) is 8.03. The maximum Gasteiger partial charge on any atom is 0.387 e. The molecular weight excluding hydrogens is 356 g/mol. The summed E-state index contributed by atoms with van der Waals surface area (Å²) in [4.78, 5) is 25.8. The van der Waals surface area contributed by atoms with Gasteiger partial charge in [0.1, 0.15) is 5.75 Å². The maximum atomic E-state index is 12.3. The number of carbonyl (C=O) groups is 2. The summed E-state index contributed by atoms with van der Waals surface area (Å²) in [5.41, 5.74) is 2.80. The molecule has 0 radical (unpaired) electrons. The first-order valence-electron chi connectivity index (χ1n) is 8.39. The van der Waals surface area contributed by atoms with E-state index in [1.807, 2.05) is 11.9 Å². The molecule has 0 saturated carbocycles. The number of ether oxygens (including phenoxy) is 1. The molecule has 2 aromatic rings. The second-order valence-electron chi connectivity index (χ2n) is 6.16. The van der Waals surface area contributed by atoms with Crippen LogP contribution in [-0.2, 0) is 11.2 Å². The average molecular weight is 375 g/mol. The molecule has 1 heterocycles. The topological polar surface area (TPSA) is 70.7 Å². The number of likely N-dealkylation sites (N-methyl/N-ethyl adjacent to an activating group) is 1. The van der Waals surface area contributed by atoms with Gasteiger partial charge in [0.2, 0.25) is 5.91 Å². The summed E-state index contributed by atoms with van der Waals surface area (Å²) in [6, 6.07) is 11.4. The number of halogens is 2. The fraction of sp³-hybridized carbons (Fsp3) is 0.263. The van der Waals surface area contributed by atoms with Crippen molar-refractivity contribution >= 4 is 23.2 Å². The van der Waals surface area contributed by atoms with Gasteiger partial charge in [-0.15, -0.1) is 0 Å². The summed E-state index contributed by atoms with van der Waals surface area (Å²) in [6.45, 7) is -2.19. The molecule has 0 spiro atoms. The fourth-order valence-electron chi connectivity index (χ4n) is 2.86. The van der Waals surface area contributed by atoms with Crippen LogP contribution in [0.2, 0.25) is 0 Å². The van der Waals surface area contributed by atoms with Crippen LogP contribution in [-0.4, -0.2) is 38.6 Å². The van der Waals surface area contributed by atoms with E-state index in [0.29, 0.717) is 24.2 Å². The van der Waals surface area contributed by atoms with Crippen LogP contribution < -0.4 is 20.3 Å². The Hall–Kier alpha value is -3.16. The molecule has 0 aromatic heterocycles. The minimum absolute atomic E-state index is 0.0962. The standard InChI is InChI=1S/C19H19F2N3O3/c1-24-11-17(25)23-15-10-13(4-7-16(15)24)18(26)22-9-8-12-2-5-14(6-3-12)27-19(20)21/h2-7,10,19H,8-9,11H2,1H3,(H,22,26)(H,23,25). The van der Waals surface area contributed by atoms with Gasteiger partial charge in [-0.25, -0.2) is 0 Å². The first kappa shape index (κ1) is 18.6. The molecule has 142 valence electrons. The summed E-state index contributed by atoms with van der Waals surface area (Å²) in [5.74, 6) is -0.279. The van der Waals surface area contributed by atoms with Crippen molar-refractivity contribution in [3.05, 3.63) is 53.6 Å². The zero-order chi connectivity index (χ0) is 19.4. The van der Waals surface area contributed by atoms with Crippen molar-refractivity contribution in [2.24, 2.45) is 0 Å². The number of nitrogens with zero attached hydrogens (tertiary/aromatic N) is 1. The highest BCUT2D eigenvalue weighted by atomic mass is 19.3. The molecule has 0 atom stereocenters. The molecule has 6 nitrogen and oxygen atoms in total. The molecule has 0 bridgehead atoms.